The summed E-state index contributed by atoms with van der Waals surface area (Å²) >= 11 is 3.49. The first-order valence-electron chi connectivity index (χ1n) is 6.09. The second-order valence-corrected chi connectivity index (χ2v) is 5.00. The summed E-state index contributed by atoms with van der Waals surface area (Å²) in [7, 11) is 0. The Morgan fingerprint density at radius 1 is 1.32 bits per heavy atom. The number of aromatic nitrogens is 1. The van der Waals surface area contributed by atoms with Gasteiger partial charge < -0.3 is 4.90 Å². The fourth-order valence-electron chi connectivity index (χ4n) is 1.86. The third-order valence-corrected chi connectivity index (χ3v) is 3.43. The van der Waals surface area contributed by atoms with Crippen LogP contribution in [0, 0.1) is 11.3 Å². The molecule has 1 aromatic carbocycles. The van der Waals surface area contributed by atoms with Gasteiger partial charge in [-0.1, -0.05) is 30.3 Å². The smallest absolute Gasteiger partial charge is 0.143 e. The van der Waals surface area contributed by atoms with Gasteiger partial charge in [-0.15, -0.1) is 0 Å². The molecule has 19 heavy (non-hydrogen) atoms. The number of rotatable bonds is 4. The van der Waals surface area contributed by atoms with Crippen molar-refractivity contribution in [1.29, 1.82) is 5.26 Å². The molecule has 0 radical (unpaired) electrons. The Balaban J connectivity index is 2.25. The van der Waals surface area contributed by atoms with Crippen molar-refractivity contribution in [2.24, 2.45) is 0 Å². The lowest BCUT2D eigenvalue weighted by Gasteiger charge is -2.23. The van der Waals surface area contributed by atoms with Gasteiger partial charge in [0.15, 0.2) is 0 Å². The molecule has 0 saturated heterocycles. The van der Waals surface area contributed by atoms with Crippen LogP contribution in [0.2, 0.25) is 0 Å². The van der Waals surface area contributed by atoms with Crippen molar-refractivity contribution in [3.63, 3.8) is 0 Å². The number of halogens is 1. The molecule has 0 spiro atoms. The monoisotopic (exact) mass is 315 g/mol. The van der Waals surface area contributed by atoms with Crippen LogP contribution in [0.4, 0.5) is 5.82 Å². The minimum Gasteiger partial charge on any atom is -0.352 e. The average molecular weight is 316 g/mol. The van der Waals surface area contributed by atoms with Crippen LogP contribution in [-0.4, -0.2) is 11.5 Å². The van der Waals surface area contributed by atoms with E-state index in [0.29, 0.717) is 5.56 Å². The standard InChI is InChI=1S/C15H14BrN3/c1-2-19(11-12-6-4-3-5-7-12)15-14(16)8-13(9-17)10-18-15/h3-8,10H,2,11H2,1H3. The minimum atomic E-state index is 0.561. The van der Waals surface area contributed by atoms with E-state index in [2.05, 4.69) is 50.9 Å². The molecule has 0 aliphatic rings. The first-order chi connectivity index (χ1) is 9.24. The van der Waals surface area contributed by atoms with Gasteiger partial charge in [0.2, 0.25) is 0 Å². The number of nitrogens with zero attached hydrogens (tertiary/aromatic N) is 3. The molecule has 0 aliphatic heterocycles. The van der Waals surface area contributed by atoms with Gasteiger partial charge in [-0.05, 0) is 34.5 Å². The highest BCUT2D eigenvalue weighted by molar-refractivity contribution is 9.10. The first-order valence-corrected chi connectivity index (χ1v) is 6.88. The van der Waals surface area contributed by atoms with Gasteiger partial charge in [-0.3, -0.25) is 0 Å². The second-order valence-electron chi connectivity index (χ2n) is 4.14. The fourth-order valence-corrected chi connectivity index (χ4v) is 2.46. The zero-order valence-electron chi connectivity index (χ0n) is 10.7. The Hall–Kier alpha value is -1.86. The quantitative estimate of drug-likeness (QED) is 0.862. The summed E-state index contributed by atoms with van der Waals surface area (Å²) in [6, 6.07) is 14.2. The second kappa shape index (κ2) is 6.35. The van der Waals surface area contributed by atoms with E-state index < -0.39 is 0 Å². The number of benzene rings is 1. The van der Waals surface area contributed by atoms with Crippen LogP contribution >= 0.6 is 15.9 Å². The maximum Gasteiger partial charge on any atom is 0.143 e. The molecule has 0 amide bonds. The summed E-state index contributed by atoms with van der Waals surface area (Å²) in [5.41, 5.74) is 1.80. The van der Waals surface area contributed by atoms with E-state index >= 15 is 0 Å². The van der Waals surface area contributed by atoms with Gasteiger partial charge >= 0.3 is 0 Å². The molecule has 0 atom stereocenters. The molecule has 3 nitrogen and oxygen atoms in total. The van der Waals surface area contributed by atoms with Gasteiger partial charge in [0.25, 0.3) is 0 Å². The zero-order chi connectivity index (χ0) is 13.7. The first kappa shape index (κ1) is 13.6. The molecule has 0 bridgehead atoms. The van der Waals surface area contributed by atoms with Crippen LogP contribution in [0.5, 0.6) is 0 Å². The van der Waals surface area contributed by atoms with Crippen molar-refractivity contribution < 1.29 is 0 Å². The summed E-state index contributed by atoms with van der Waals surface area (Å²) in [5, 5.41) is 8.86. The van der Waals surface area contributed by atoms with Gasteiger partial charge in [0.05, 0.1) is 10.0 Å². The lowest BCUT2D eigenvalue weighted by molar-refractivity contribution is 0.810. The Bertz CT molecular complexity index is 590. The predicted molar refractivity (Wildman–Crippen MR) is 79.8 cm³/mol. The molecule has 96 valence electrons. The number of anilines is 1. The third-order valence-electron chi connectivity index (χ3n) is 2.85. The zero-order valence-corrected chi connectivity index (χ0v) is 12.3. The van der Waals surface area contributed by atoms with Crippen LogP contribution in [0.1, 0.15) is 18.1 Å². The molecular formula is C15H14BrN3. The van der Waals surface area contributed by atoms with E-state index in [1.54, 1.807) is 12.3 Å². The molecule has 0 saturated carbocycles. The van der Waals surface area contributed by atoms with Crippen LogP contribution in [0.3, 0.4) is 0 Å². The van der Waals surface area contributed by atoms with Gasteiger partial charge in [0, 0.05) is 19.3 Å². The normalized spacial score (nSPS) is 9.95. The van der Waals surface area contributed by atoms with Crippen molar-refractivity contribution in [2.75, 3.05) is 11.4 Å². The van der Waals surface area contributed by atoms with E-state index in [0.717, 1.165) is 23.4 Å². The lowest BCUT2D eigenvalue weighted by atomic mass is 10.2. The summed E-state index contributed by atoms with van der Waals surface area (Å²) in [6.45, 7) is 3.75. The summed E-state index contributed by atoms with van der Waals surface area (Å²) in [6.07, 6.45) is 1.60. The van der Waals surface area contributed by atoms with Crippen molar-refractivity contribution in [2.45, 2.75) is 13.5 Å². The van der Waals surface area contributed by atoms with Crippen molar-refractivity contribution in [3.05, 3.63) is 58.2 Å². The highest BCUT2D eigenvalue weighted by Crippen LogP contribution is 2.25. The topological polar surface area (TPSA) is 39.9 Å². The highest BCUT2D eigenvalue weighted by Gasteiger charge is 2.11. The Morgan fingerprint density at radius 3 is 2.63 bits per heavy atom. The van der Waals surface area contributed by atoms with Gasteiger partial charge in [0.1, 0.15) is 11.9 Å². The molecule has 0 unspecified atom stereocenters. The fraction of sp³-hybridized carbons (Fsp3) is 0.200. The highest BCUT2D eigenvalue weighted by atomic mass is 79.9. The minimum absolute atomic E-state index is 0.561. The molecule has 0 fully saturated rings. The molecule has 1 aromatic heterocycles. The predicted octanol–water partition coefficient (Wildman–Crippen LogP) is 3.74. The van der Waals surface area contributed by atoms with E-state index in [4.69, 9.17) is 5.26 Å². The van der Waals surface area contributed by atoms with Crippen LogP contribution in [0.25, 0.3) is 0 Å². The number of pyridine rings is 1. The number of nitriles is 1. The maximum atomic E-state index is 8.86. The molecular weight excluding hydrogens is 302 g/mol. The Labute approximate surface area is 121 Å². The SMILES string of the molecule is CCN(Cc1ccccc1)c1ncc(C#N)cc1Br. The largest absolute Gasteiger partial charge is 0.352 e. The number of hydrogen-bond acceptors (Lipinski definition) is 3. The Morgan fingerprint density at radius 2 is 2.05 bits per heavy atom. The van der Waals surface area contributed by atoms with Crippen LogP contribution in [0.15, 0.2) is 47.1 Å². The van der Waals surface area contributed by atoms with E-state index in [-0.39, 0.29) is 0 Å². The third kappa shape index (κ3) is 3.33. The average Bonchev–Trinajstić information content (AvgIpc) is 2.46. The molecule has 2 aromatic rings. The van der Waals surface area contributed by atoms with Crippen molar-refractivity contribution in [3.8, 4) is 6.07 Å². The summed E-state index contributed by atoms with van der Waals surface area (Å²) < 4.78 is 0.851. The molecule has 0 N–H and O–H groups in total. The maximum absolute atomic E-state index is 8.86. The van der Waals surface area contributed by atoms with Crippen molar-refractivity contribution >= 4 is 21.7 Å². The Kier molecular flexibility index (Phi) is 4.53. The van der Waals surface area contributed by atoms with E-state index in [1.165, 1.54) is 5.56 Å². The summed E-state index contributed by atoms with van der Waals surface area (Å²) in [4.78, 5) is 6.54. The molecule has 1 heterocycles. The molecule has 4 heteroatoms. The van der Waals surface area contributed by atoms with Gasteiger partial charge in [-0.25, -0.2) is 4.98 Å². The van der Waals surface area contributed by atoms with Crippen molar-refractivity contribution in [1.82, 2.24) is 4.98 Å². The molecule has 2 rings (SSSR count). The van der Waals surface area contributed by atoms with Crippen LogP contribution < -0.4 is 4.90 Å². The van der Waals surface area contributed by atoms with E-state index in [1.807, 2.05) is 18.2 Å². The van der Waals surface area contributed by atoms with Crippen LogP contribution in [-0.2, 0) is 6.54 Å². The summed E-state index contributed by atoms with van der Waals surface area (Å²) in [5.74, 6) is 0.866. The molecule has 0 aliphatic carbocycles. The number of hydrogen-bond donors (Lipinski definition) is 0. The van der Waals surface area contributed by atoms with E-state index in [9.17, 15) is 0 Å². The lowest BCUT2D eigenvalue weighted by Crippen LogP contribution is -2.23. The van der Waals surface area contributed by atoms with Gasteiger partial charge in [-0.2, -0.15) is 5.26 Å².